The zero-order chi connectivity index (χ0) is 15.6. The van der Waals surface area contributed by atoms with E-state index < -0.39 is 0 Å². The number of aryl methyl sites for hydroxylation is 1. The molecule has 0 saturated heterocycles. The lowest BCUT2D eigenvalue weighted by Crippen LogP contribution is -2.52. The topological polar surface area (TPSA) is 21.3 Å². The maximum Gasteiger partial charge on any atom is 0.0829 e. The molecule has 1 aromatic rings. The summed E-state index contributed by atoms with van der Waals surface area (Å²) in [4.78, 5) is 0. The molecule has 1 rings (SSSR count). The first-order valence-corrected chi connectivity index (χ1v) is 8.63. The highest BCUT2D eigenvalue weighted by molar-refractivity contribution is 5.15. The Hall–Kier alpha value is -0.860. The van der Waals surface area contributed by atoms with E-state index in [1.54, 1.807) is 0 Å². The Balaban J connectivity index is 2.77. The van der Waals surface area contributed by atoms with E-state index in [0.717, 1.165) is 45.3 Å². The molecule has 120 valence electrons. The van der Waals surface area contributed by atoms with Crippen molar-refractivity contribution < 1.29 is 4.74 Å². The maximum absolute atomic E-state index is 6.21. The largest absolute Gasteiger partial charge is 0.374 e. The average molecular weight is 291 g/mol. The van der Waals surface area contributed by atoms with Gasteiger partial charge in [-0.05, 0) is 51.1 Å². The van der Waals surface area contributed by atoms with Crippen molar-refractivity contribution in [3.05, 3.63) is 35.9 Å². The lowest BCUT2D eigenvalue weighted by Gasteiger charge is -2.40. The molecule has 1 N–H and O–H groups in total. The fourth-order valence-corrected chi connectivity index (χ4v) is 3.16. The minimum Gasteiger partial charge on any atom is -0.374 e. The summed E-state index contributed by atoms with van der Waals surface area (Å²) in [6.45, 7) is 10.7. The van der Waals surface area contributed by atoms with Crippen molar-refractivity contribution in [3.8, 4) is 0 Å². The number of ether oxygens (including phenoxy) is 1. The van der Waals surface area contributed by atoms with Crippen LogP contribution in [0.1, 0.15) is 58.9 Å². The summed E-state index contributed by atoms with van der Waals surface area (Å²) >= 11 is 0. The van der Waals surface area contributed by atoms with Crippen LogP contribution in [0.25, 0.3) is 0 Å². The van der Waals surface area contributed by atoms with Crippen LogP contribution in [0.4, 0.5) is 0 Å². The van der Waals surface area contributed by atoms with E-state index in [1.807, 2.05) is 0 Å². The summed E-state index contributed by atoms with van der Waals surface area (Å²) in [5.41, 5.74) is 1.39. The molecule has 0 heterocycles. The minimum absolute atomic E-state index is 0.0291. The summed E-state index contributed by atoms with van der Waals surface area (Å²) < 4.78 is 6.21. The Kier molecular flexibility index (Phi) is 8.63. The molecule has 1 unspecified atom stereocenters. The predicted molar refractivity (Wildman–Crippen MR) is 91.8 cm³/mol. The molecule has 0 bridgehead atoms. The molecule has 1 aromatic carbocycles. The van der Waals surface area contributed by atoms with Crippen molar-refractivity contribution in [2.24, 2.45) is 0 Å². The summed E-state index contributed by atoms with van der Waals surface area (Å²) in [5, 5.41) is 3.74. The second-order valence-electron chi connectivity index (χ2n) is 5.74. The second-order valence-corrected chi connectivity index (χ2v) is 5.74. The second kappa shape index (κ2) is 9.97. The van der Waals surface area contributed by atoms with E-state index in [9.17, 15) is 0 Å². The maximum atomic E-state index is 6.21. The number of rotatable bonds is 11. The van der Waals surface area contributed by atoms with Crippen molar-refractivity contribution in [1.82, 2.24) is 5.32 Å². The Labute approximate surface area is 131 Å². The van der Waals surface area contributed by atoms with Gasteiger partial charge in [0.2, 0.25) is 0 Å². The monoisotopic (exact) mass is 291 g/mol. The Morgan fingerprint density at radius 3 is 2.24 bits per heavy atom. The normalized spacial score (nSPS) is 13.3. The molecule has 2 heteroatoms. The molecule has 0 aliphatic rings. The van der Waals surface area contributed by atoms with Gasteiger partial charge in [-0.25, -0.2) is 0 Å². The molecule has 0 spiro atoms. The van der Waals surface area contributed by atoms with Crippen LogP contribution in [0.15, 0.2) is 30.3 Å². The summed E-state index contributed by atoms with van der Waals surface area (Å²) in [7, 11) is 0. The highest BCUT2D eigenvalue weighted by Crippen LogP contribution is 2.28. The van der Waals surface area contributed by atoms with Gasteiger partial charge in [-0.15, -0.1) is 0 Å². The van der Waals surface area contributed by atoms with E-state index in [-0.39, 0.29) is 5.60 Å². The standard InChI is InChI=1S/C19H33NO/c1-5-16-20-18(19(6-2,7-3)21-8-4)15-14-17-12-10-9-11-13-17/h9-13,18,20H,5-8,14-16H2,1-4H3. The Morgan fingerprint density at radius 2 is 1.71 bits per heavy atom. The van der Waals surface area contributed by atoms with E-state index >= 15 is 0 Å². The molecule has 0 aliphatic carbocycles. The zero-order valence-corrected chi connectivity index (χ0v) is 14.3. The van der Waals surface area contributed by atoms with Crippen LogP contribution in [0.3, 0.4) is 0 Å². The molecule has 0 fully saturated rings. The third-order valence-electron chi connectivity index (χ3n) is 4.47. The van der Waals surface area contributed by atoms with Crippen molar-refractivity contribution in [1.29, 1.82) is 0 Å². The van der Waals surface area contributed by atoms with Crippen LogP contribution in [0.2, 0.25) is 0 Å². The SMILES string of the molecule is CCCNC(CCc1ccccc1)C(CC)(CC)OCC. The fraction of sp³-hybridized carbons (Fsp3) is 0.684. The van der Waals surface area contributed by atoms with Crippen LogP contribution >= 0.6 is 0 Å². The van der Waals surface area contributed by atoms with Crippen molar-refractivity contribution >= 4 is 0 Å². The summed E-state index contributed by atoms with van der Waals surface area (Å²) in [5.74, 6) is 0. The number of benzene rings is 1. The van der Waals surface area contributed by atoms with Gasteiger partial charge >= 0.3 is 0 Å². The highest BCUT2D eigenvalue weighted by Gasteiger charge is 2.35. The van der Waals surface area contributed by atoms with E-state index in [2.05, 4.69) is 63.3 Å². The van der Waals surface area contributed by atoms with E-state index in [1.165, 1.54) is 5.56 Å². The van der Waals surface area contributed by atoms with Crippen LogP contribution < -0.4 is 5.32 Å². The van der Waals surface area contributed by atoms with Gasteiger partial charge in [0.1, 0.15) is 0 Å². The minimum atomic E-state index is -0.0291. The molecule has 0 aromatic heterocycles. The number of nitrogens with one attached hydrogen (secondary N) is 1. The summed E-state index contributed by atoms with van der Waals surface area (Å²) in [6.07, 6.45) is 5.53. The first-order valence-electron chi connectivity index (χ1n) is 8.63. The van der Waals surface area contributed by atoms with Gasteiger partial charge in [0, 0.05) is 12.6 Å². The third-order valence-corrected chi connectivity index (χ3v) is 4.47. The van der Waals surface area contributed by atoms with Gasteiger partial charge in [0.15, 0.2) is 0 Å². The first-order chi connectivity index (χ1) is 10.2. The van der Waals surface area contributed by atoms with Crippen LogP contribution in [0, 0.1) is 0 Å². The molecular weight excluding hydrogens is 258 g/mol. The van der Waals surface area contributed by atoms with Crippen molar-refractivity contribution in [3.63, 3.8) is 0 Å². The first kappa shape index (κ1) is 18.2. The van der Waals surface area contributed by atoms with Crippen LogP contribution in [-0.2, 0) is 11.2 Å². The van der Waals surface area contributed by atoms with Gasteiger partial charge in [-0.1, -0.05) is 51.1 Å². The van der Waals surface area contributed by atoms with Gasteiger partial charge < -0.3 is 10.1 Å². The number of hydrogen-bond acceptors (Lipinski definition) is 2. The van der Waals surface area contributed by atoms with Gasteiger partial charge in [-0.3, -0.25) is 0 Å². The van der Waals surface area contributed by atoms with Crippen LogP contribution in [-0.4, -0.2) is 24.8 Å². The van der Waals surface area contributed by atoms with Gasteiger partial charge in [-0.2, -0.15) is 0 Å². The average Bonchev–Trinajstić information content (AvgIpc) is 2.54. The molecular formula is C19H33NO. The molecule has 21 heavy (non-hydrogen) atoms. The third kappa shape index (κ3) is 5.44. The van der Waals surface area contributed by atoms with Crippen LogP contribution in [0.5, 0.6) is 0 Å². The molecule has 2 nitrogen and oxygen atoms in total. The predicted octanol–water partition coefficient (Wildman–Crippen LogP) is 4.58. The Morgan fingerprint density at radius 1 is 1.05 bits per heavy atom. The van der Waals surface area contributed by atoms with E-state index in [0.29, 0.717) is 6.04 Å². The van der Waals surface area contributed by atoms with Crippen molar-refractivity contribution in [2.45, 2.75) is 71.4 Å². The van der Waals surface area contributed by atoms with Gasteiger partial charge in [0.05, 0.1) is 5.60 Å². The lowest BCUT2D eigenvalue weighted by molar-refractivity contribution is -0.0736. The van der Waals surface area contributed by atoms with Gasteiger partial charge in [0.25, 0.3) is 0 Å². The molecule has 0 aliphatic heterocycles. The fourth-order valence-electron chi connectivity index (χ4n) is 3.16. The molecule has 0 amide bonds. The zero-order valence-electron chi connectivity index (χ0n) is 14.3. The molecule has 1 atom stereocenters. The lowest BCUT2D eigenvalue weighted by atomic mass is 9.84. The quantitative estimate of drug-likeness (QED) is 0.644. The van der Waals surface area contributed by atoms with Crippen molar-refractivity contribution in [2.75, 3.05) is 13.2 Å². The summed E-state index contributed by atoms with van der Waals surface area (Å²) in [6, 6.07) is 11.2. The Bertz CT molecular complexity index is 359. The highest BCUT2D eigenvalue weighted by atomic mass is 16.5. The smallest absolute Gasteiger partial charge is 0.0829 e. The number of hydrogen-bond donors (Lipinski definition) is 1. The van der Waals surface area contributed by atoms with E-state index in [4.69, 9.17) is 4.74 Å². The molecule has 0 radical (unpaired) electrons. The molecule has 0 saturated carbocycles.